The van der Waals surface area contributed by atoms with Gasteiger partial charge in [0.1, 0.15) is 6.10 Å². The van der Waals surface area contributed by atoms with Crippen LogP contribution in [0, 0.1) is 5.92 Å². The van der Waals surface area contributed by atoms with Gasteiger partial charge in [-0.2, -0.15) is 0 Å². The van der Waals surface area contributed by atoms with Gasteiger partial charge < -0.3 is 20.4 Å². The van der Waals surface area contributed by atoms with Gasteiger partial charge in [0.2, 0.25) is 0 Å². The average Bonchev–Trinajstić information content (AvgIpc) is 3.58. The summed E-state index contributed by atoms with van der Waals surface area (Å²) >= 11 is 0. The molecule has 2 aromatic rings. The molecule has 2 aliphatic carbocycles. The van der Waals surface area contributed by atoms with Gasteiger partial charge in [0.15, 0.2) is 0 Å². The van der Waals surface area contributed by atoms with E-state index in [0.29, 0.717) is 12.3 Å². The lowest BCUT2D eigenvalue weighted by atomic mass is 9.72. The summed E-state index contributed by atoms with van der Waals surface area (Å²) in [4.78, 5) is 0. The van der Waals surface area contributed by atoms with Crippen LogP contribution in [0.5, 0.6) is 0 Å². The van der Waals surface area contributed by atoms with Crippen molar-refractivity contribution in [3.8, 4) is 0 Å². The van der Waals surface area contributed by atoms with Gasteiger partial charge in [0.25, 0.3) is 0 Å². The molecule has 0 heterocycles. The van der Waals surface area contributed by atoms with Crippen LogP contribution in [0.15, 0.2) is 42.5 Å². The molecule has 0 spiro atoms. The average molecular weight is 397 g/mol. The number of hydrogen-bond acceptors (Lipinski definition) is 4. The Kier molecular flexibility index (Phi) is 6.07. The monoisotopic (exact) mass is 396 g/mol. The summed E-state index contributed by atoms with van der Waals surface area (Å²) in [5.41, 5.74) is 6.25. The largest absolute Gasteiger partial charge is 0.396 e. The minimum Gasteiger partial charge on any atom is -0.396 e. The van der Waals surface area contributed by atoms with Crippen LogP contribution < -0.4 is 0 Å². The molecule has 0 amide bonds. The summed E-state index contributed by atoms with van der Waals surface area (Å²) < 4.78 is 0. The second-order valence-corrected chi connectivity index (χ2v) is 8.84. The fourth-order valence-electron chi connectivity index (χ4n) is 4.75. The molecule has 4 N–H and O–H groups in total. The third kappa shape index (κ3) is 4.26. The molecule has 4 rings (SSSR count). The van der Waals surface area contributed by atoms with Gasteiger partial charge in [-0.15, -0.1) is 0 Å². The van der Waals surface area contributed by atoms with Crippen LogP contribution >= 0.6 is 0 Å². The van der Waals surface area contributed by atoms with E-state index < -0.39 is 24.2 Å². The molecule has 0 aromatic heterocycles. The van der Waals surface area contributed by atoms with Crippen LogP contribution in [0.4, 0.5) is 0 Å². The highest BCUT2D eigenvalue weighted by Gasteiger charge is 2.43. The molecular formula is C25H32O4. The van der Waals surface area contributed by atoms with Crippen LogP contribution in [0.3, 0.4) is 0 Å². The van der Waals surface area contributed by atoms with Crippen molar-refractivity contribution < 1.29 is 20.4 Å². The van der Waals surface area contributed by atoms with Crippen molar-refractivity contribution >= 4 is 0 Å². The second-order valence-electron chi connectivity index (χ2n) is 8.84. The number of aliphatic hydroxyl groups is 4. The van der Waals surface area contributed by atoms with Crippen molar-refractivity contribution in [3.05, 3.63) is 70.3 Å². The van der Waals surface area contributed by atoms with Crippen molar-refractivity contribution in [2.75, 3.05) is 6.61 Å². The maximum atomic E-state index is 10.6. The summed E-state index contributed by atoms with van der Waals surface area (Å²) in [6, 6.07) is 15.2. The van der Waals surface area contributed by atoms with Crippen molar-refractivity contribution in [3.63, 3.8) is 0 Å². The minimum atomic E-state index is -1.24. The summed E-state index contributed by atoms with van der Waals surface area (Å²) in [7, 11) is 0. The first-order valence-electron chi connectivity index (χ1n) is 10.9. The summed E-state index contributed by atoms with van der Waals surface area (Å²) in [6.07, 6.45) is 1.44. The van der Waals surface area contributed by atoms with Crippen molar-refractivity contribution in [1.82, 2.24) is 0 Å². The van der Waals surface area contributed by atoms with Gasteiger partial charge in [0.05, 0.1) is 12.2 Å². The molecule has 0 saturated heterocycles. The Morgan fingerprint density at radius 3 is 2.17 bits per heavy atom. The predicted octanol–water partition coefficient (Wildman–Crippen LogP) is 2.90. The first kappa shape index (κ1) is 20.5. The van der Waals surface area contributed by atoms with Gasteiger partial charge in [-0.1, -0.05) is 49.4 Å². The number of benzene rings is 2. The maximum Gasteiger partial charge on any atom is 0.107 e. The molecule has 0 aliphatic heterocycles. The first-order chi connectivity index (χ1) is 14.0. The van der Waals surface area contributed by atoms with Crippen LogP contribution in [0.1, 0.15) is 65.8 Å². The van der Waals surface area contributed by atoms with Crippen LogP contribution in [0.2, 0.25) is 0 Å². The lowest BCUT2D eigenvalue weighted by Gasteiger charge is -2.40. The third-order valence-corrected chi connectivity index (χ3v) is 6.82. The highest BCUT2D eigenvalue weighted by molar-refractivity contribution is 5.42. The van der Waals surface area contributed by atoms with Crippen molar-refractivity contribution in [1.29, 1.82) is 0 Å². The number of rotatable bonds is 6. The zero-order valence-corrected chi connectivity index (χ0v) is 17.0. The Bertz CT molecular complexity index is 825. The summed E-state index contributed by atoms with van der Waals surface area (Å²) in [5, 5.41) is 40.6. The molecule has 156 valence electrons. The molecule has 0 radical (unpaired) electrons. The Hall–Kier alpha value is -1.72. The Morgan fingerprint density at radius 2 is 1.55 bits per heavy atom. The molecule has 0 unspecified atom stereocenters. The van der Waals surface area contributed by atoms with E-state index in [1.807, 2.05) is 0 Å². The Labute approximate surface area is 172 Å². The zero-order valence-electron chi connectivity index (χ0n) is 17.0. The lowest BCUT2D eigenvalue weighted by molar-refractivity contribution is -0.127. The molecular weight excluding hydrogens is 364 g/mol. The topological polar surface area (TPSA) is 80.9 Å². The molecule has 5 atom stereocenters. The van der Waals surface area contributed by atoms with Crippen LogP contribution in [0.25, 0.3) is 0 Å². The maximum absolute atomic E-state index is 10.6. The fourth-order valence-corrected chi connectivity index (χ4v) is 4.75. The first-order valence-corrected chi connectivity index (χ1v) is 10.9. The zero-order chi connectivity index (χ0) is 20.5. The summed E-state index contributed by atoms with van der Waals surface area (Å²) in [6.45, 7) is 1.96. The predicted molar refractivity (Wildman–Crippen MR) is 113 cm³/mol. The standard InChI is InChI=1S/C25H32O4/c1-2-15-3-5-16(6-4-15)11-19-12-18(9-10-21(19)17-7-8-17)22-13-20(14-26)23(27)25(29)24(22)28/h3-6,9-10,12,17,20,22-29H,2,7-8,11,13-14H2,1H3/t20-,22+,23-,24+,25+/m1/s1. The van der Waals surface area contributed by atoms with Crippen LogP contribution in [-0.4, -0.2) is 45.3 Å². The SMILES string of the molecule is CCc1ccc(Cc2cc([C@@H]3C[C@H](CO)[C@@H](O)[C@H](O)[C@H]3O)ccc2C2CC2)cc1. The van der Waals surface area contributed by atoms with E-state index in [2.05, 4.69) is 49.4 Å². The quantitative estimate of drug-likeness (QED) is 0.605. The molecule has 2 saturated carbocycles. The van der Waals surface area contributed by atoms with Crippen LogP contribution in [-0.2, 0) is 12.8 Å². The van der Waals surface area contributed by atoms with Gasteiger partial charge in [-0.05, 0) is 65.8 Å². The van der Waals surface area contributed by atoms with E-state index in [9.17, 15) is 20.4 Å². The van der Waals surface area contributed by atoms with E-state index in [1.54, 1.807) is 0 Å². The van der Waals surface area contributed by atoms with E-state index in [-0.39, 0.29) is 12.5 Å². The van der Waals surface area contributed by atoms with E-state index in [0.717, 1.165) is 18.4 Å². The van der Waals surface area contributed by atoms with Gasteiger partial charge in [-0.3, -0.25) is 0 Å². The van der Waals surface area contributed by atoms with E-state index in [1.165, 1.54) is 35.1 Å². The third-order valence-electron chi connectivity index (χ3n) is 6.82. The molecule has 29 heavy (non-hydrogen) atoms. The van der Waals surface area contributed by atoms with Gasteiger partial charge >= 0.3 is 0 Å². The lowest BCUT2D eigenvalue weighted by Crippen LogP contribution is -2.51. The highest BCUT2D eigenvalue weighted by Crippen LogP contribution is 2.44. The second kappa shape index (κ2) is 8.57. The van der Waals surface area contributed by atoms with E-state index >= 15 is 0 Å². The number of aryl methyl sites for hydroxylation is 1. The minimum absolute atomic E-state index is 0.196. The molecule has 4 nitrogen and oxygen atoms in total. The van der Waals surface area contributed by atoms with Gasteiger partial charge in [0, 0.05) is 18.4 Å². The Morgan fingerprint density at radius 1 is 0.862 bits per heavy atom. The van der Waals surface area contributed by atoms with E-state index in [4.69, 9.17) is 0 Å². The molecule has 2 fully saturated rings. The number of aliphatic hydroxyl groups excluding tert-OH is 4. The van der Waals surface area contributed by atoms with Crippen molar-refractivity contribution in [2.45, 2.75) is 69.2 Å². The summed E-state index contributed by atoms with van der Waals surface area (Å²) in [5.74, 6) is -0.0885. The highest BCUT2D eigenvalue weighted by atomic mass is 16.4. The molecule has 2 aliphatic rings. The smallest absolute Gasteiger partial charge is 0.107 e. The normalized spacial score (nSPS) is 29.8. The molecule has 4 heteroatoms. The van der Waals surface area contributed by atoms with Crippen molar-refractivity contribution in [2.24, 2.45) is 5.92 Å². The molecule has 0 bridgehead atoms. The van der Waals surface area contributed by atoms with Gasteiger partial charge in [-0.25, -0.2) is 0 Å². The molecule has 2 aromatic carbocycles. The number of hydrogen-bond donors (Lipinski definition) is 4. The fraction of sp³-hybridized carbons (Fsp3) is 0.520. The Balaban J connectivity index is 1.63.